The van der Waals surface area contributed by atoms with Gasteiger partial charge in [0.2, 0.25) is 0 Å². The van der Waals surface area contributed by atoms with Crippen molar-refractivity contribution in [2.24, 2.45) is 0 Å². The van der Waals surface area contributed by atoms with Crippen molar-refractivity contribution in [3.05, 3.63) is 57.6 Å². The number of halogens is 11. The Labute approximate surface area is 204 Å². The molecule has 0 atom stereocenters. The van der Waals surface area contributed by atoms with Gasteiger partial charge in [0.15, 0.2) is 12.4 Å². The highest BCUT2D eigenvalue weighted by atomic mass is 19.4. The third kappa shape index (κ3) is 5.99. The van der Waals surface area contributed by atoms with Crippen molar-refractivity contribution in [2.75, 3.05) is 19.0 Å². The van der Waals surface area contributed by atoms with Gasteiger partial charge in [0.25, 0.3) is 5.91 Å². The number of hydrogen-bond donors (Lipinski definition) is 1. The van der Waals surface area contributed by atoms with Gasteiger partial charge in [-0.2, -0.15) is 39.5 Å². The molecule has 2 aromatic rings. The molecule has 0 aliphatic carbocycles. The highest BCUT2D eigenvalue weighted by molar-refractivity contribution is 6.05. The summed E-state index contributed by atoms with van der Waals surface area (Å²) >= 11 is 0. The van der Waals surface area contributed by atoms with Crippen molar-refractivity contribution >= 4 is 17.3 Å². The fraction of sp³-hybridized carbons (Fsp3) is 0.350. The van der Waals surface area contributed by atoms with Crippen molar-refractivity contribution in [1.29, 1.82) is 0 Å². The van der Waals surface area contributed by atoms with Gasteiger partial charge in [0.1, 0.15) is 5.75 Å². The van der Waals surface area contributed by atoms with E-state index in [1.807, 2.05) is 5.32 Å². The molecule has 7 nitrogen and oxygen atoms in total. The molecule has 0 saturated carbocycles. The Morgan fingerprint density at radius 1 is 0.974 bits per heavy atom. The smallest absolute Gasteiger partial charge is 0.416 e. The molecule has 1 N–H and O–H groups in total. The number of amides is 1. The van der Waals surface area contributed by atoms with Crippen LogP contribution in [0.2, 0.25) is 0 Å². The molecule has 0 spiro atoms. The molecule has 18 heteroatoms. The molecule has 0 unspecified atom stereocenters. The molecule has 210 valence electrons. The molecule has 1 amide bonds. The van der Waals surface area contributed by atoms with Crippen molar-refractivity contribution in [3.63, 3.8) is 0 Å². The minimum Gasteiger partial charge on any atom is -0.495 e. The van der Waals surface area contributed by atoms with E-state index < -0.39 is 76.1 Å². The lowest BCUT2D eigenvalue weighted by atomic mass is 10.1. The standard InChI is InChI=1S/C20H13F11N2O5/c1-37-13-5-3-10(19(27,28)29)7-11(13)32-15(34)9-2-4-14(12(6-9)33(35)36)38-8-17(23,24)20(30,31)18(25,26)16(21)22/h2-7,16H,8H2,1H3,(H,32,34). The van der Waals surface area contributed by atoms with Crippen molar-refractivity contribution < 1.29 is 67.5 Å². The summed E-state index contributed by atoms with van der Waals surface area (Å²) in [6.07, 6.45) is -10.0. The molecule has 0 fully saturated rings. The van der Waals surface area contributed by atoms with Gasteiger partial charge in [0.05, 0.1) is 23.3 Å². The molecule has 0 aliphatic heterocycles. The fourth-order valence-electron chi connectivity index (χ4n) is 2.74. The van der Waals surface area contributed by atoms with Crippen molar-refractivity contribution in [2.45, 2.75) is 30.4 Å². The van der Waals surface area contributed by atoms with E-state index in [-0.39, 0.29) is 5.75 Å². The largest absolute Gasteiger partial charge is 0.495 e. The maximum atomic E-state index is 13.7. The summed E-state index contributed by atoms with van der Waals surface area (Å²) in [5, 5.41) is 13.3. The summed E-state index contributed by atoms with van der Waals surface area (Å²) in [6, 6.07) is 3.33. The second-order valence-corrected chi connectivity index (χ2v) is 7.30. The first kappa shape index (κ1) is 30.4. The zero-order valence-electron chi connectivity index (χ0n) is 18.4. The summed E-state index contributed by atoms with van der Waals surface area (Å²) in [7, 11) is 1.05. The van der Waals surface area contributed by atoms with Gasteiger partial charge in [-0.05, 0) is 30.3 Å². The molecular weight excluding hydrogens is 557 g/mol. The summed E-state index contributed by atoms with van der Waals surface area (Å²) in [4.78, 5) is 22.4. The van der Waals surface area contributed by atoms with E-state index in [9.17, 15) is 63.2 Å². The van der Waals surface area contributed by atoms with E-state index in [4.69, 9.17) is 4.74 Å². The third-order valence-corrected chi connectivity index (χ3v) is 4.75. The first-order chi connectivity index (χ1) is 17.3. The number of anilines is 1. The van der Waals surface area contributed by atoms with E-state index in [1.54, 1.807) is 0 Å². The number of nitro benzene ring substituents is 1. The van der Waals surface area contributed by atoms with Crippen LogP contribution in [0.5, 0.6) is 11.5 Å². The number of rotatable bonds is 10. The fourth-order valence-corrected chi connectivity index (χ4v) is 2.74. The second-order valence-electron chi connectivity index (χ2n) is 7.30. The van der Waals surface area contributed by atoms with Crippen LogP contribution < -0.4 is 14.8 Å². The zero-order chi connectivity index (χ0) is 29.3. The number of hydrogen-bond acceptors (Lipinski definition) is 5. The van der Waals surface area contributed by atoms with Crippen molar-refractivity contribution in [1.82, 2.24) is 0 Å². The summed E-state index contributed by atoms with van der Waals surface area (Å²) in [6.45, 7) is -2.71. The lowest BCUT2D eigenvalue weighted by Gasteiger charge is -2.31. The Morgan fingerprint density at radius 2 is 1.55 bits per heavy atom. The van der Waals surface area contributed by atoms with Gasteiger partial charge in [-0.3, -0.25) is 14.9 Å². The summed E-state index contributed by atoms with van der Waals surface area (Å²) in [5.74, 6) is -21.9. The van der Waals surface area contributed by atoms with Crippen LogP contribution in [-0.4, -0.2) is 48.7 Å². The monoisotopic (exact) mass is 570 g/mol. The van der Waals surface area contributed by atoms with Gasteiger partial charge in [0, 0.05) is 11.6 Å². The van der Waals surface area contributed by atoms with Crippen LogP contribution in [0.4, 0.5) is 59.7 Å². The number of alkyl halides is 11. The number of nitro groups is 1. The van der Waals surface area contributed by atoms with E-state index >= 15 is 0 Å². The Balaban J connectivity index is 2.34. The Morgan fingerprint density at radius 3 is 2.05 bits per heavy atom. The van der Waals surface area contributed by atoms with Crippen LogP contribution in [0, 0.1) is 10.1 Å². The number of nitrogens with one attached hydrogen (secondary N) is 1. The van der Waals surface area contributed by atoms with Crippen molar-refractivity contribution in [3.8, 4) is 11.5 Å². The maximum Gasteiger partial charge on any atom is 0.416 e. The highest BCUT2D eigenvalue weighted by Gasteiger charge is 2.75. The molecule has 2 aromatic carbocycles. The van der Waals surface area contributed by atoms with Gasteiger partial charge in [-0.15, -0.1) is 0 Å². The van der Waals surface area contributed by atoms with Gasteiger partial charge in [-0.25, -0.2) is 8.78 Å². The number of carbonyl (C=O) groups excluding carboxylic acids is 1. The lowest BCUT2D eigenvalue weighted by Crippen LogP contribution is -2.59. The molecular formula is C20H13F11N2O5. The minimum absolute atomic E-state index is 0.260. The van der Waals surface area contributed by atoms with Crippen LogP contribution in [0.3, 0.4) is 0 Å². The maximum absolute atomic E-state index is 13.7. The molecule has 2 rings (SSSR count). The Kier molecular flexibility index (Phi) is 8.38. The summed E-state index contributed by atoms with van der Waals surface area (Å²) in [5.41, 5.74) is -3.76. The van der Waals surface area contributed by atoms with E-state index in [0.29, 0.717) is 30.3 Å². The van der Waals surface area contributed by atoms with Gasteiger partial charge < -0.3 is 14.8 Å². The predicted octanol–water partition coefficient (Wildman–Crippen LogP) is 6.42. The Hall–Kier alpha value is -3.86. The third-order valence-electron chi connectivity index (χ3n) is 4.75. The van der Waals surface area contributed by atoms with E-state index in [2.05, 4.69) is 4.74 Å². The van der Waals surface area contributed by atoms with Crippen LogP contribution in [-0.2, 0) is 6.18 Å². The molecule has 0 aliphatic rings. The zero-order valence-corrected chi connectivity index (χ0v) is 18.4. The van der Waals surface area contributed by atoms with Gasteiger partial charge >= 0.3 is 36.1 Å². The van der Waals surface area contributed by atoms with E-state index in [0.717, 1.165) is 13.2 Å². The number of ether oxygens (including phenoxy) is 2. The molecule has 0 bridgehead atoms. The summed E-state index contributed by atoms with van der Waals surface area (Å²) < 4.78 is 152. The SMILES string of the molecule is COc1ccc(C(F)(F)F)cc1NC(=O)c1ccc(OCC(F)(F)C(F)(F)C(F)(F)C(F)F)c([N+](=O)[O-])c1. The molecule has 38 heavy (non-hydrogen) atoms. The van der Waals surface area contributed by atoms with Gasteiger partial charge in [-0.1, -0.05) is 0 Å². The highest BCUT2D eigenvalue weighted by Crippen LogP contribution is 2.49. The average molecular weight is 570 g/mol. The molecule has 0 heterocycles. The average Bonchev–Trinajstić information content (AvgIpc) is 2.81. The second kappa shape index (κ2) is 10.5. The molecule has 0 radical (unpaired) electrons. The first-order valence-corrected chi connectivity index (χ1v) is 9.65. The number of methoxy groups -OCH3 is 1. The van der Waals surface area contributed by atoms with Crippen LogP contribution in [0.15, 0.2) is 36.4 Å². The minimum atomic E-state index is -6.63. The van der Waals surface area contributed by atoms with Crippen LogP contribution >= 0.6 is 0 Å². The van der Waals surface area contributed by atoms with Crippen LogP contribution in [0.1, 0.15) is 15.9 Å². The lowest BCUT2D eigenvalue weighted by molar-refractivity contribution is -0.386. The molecule has 0 aromatic heterocycles. The number of nitrogens with zero attached hydrogens (tertiary/aromatic N) is 1. The molecule has 0 saturated heterocycles. The Bertz CT molecular complexity index is 1200. The number of carbonyl (C=O) groups is 1. The van der Waals surface area contributed by atoms with Crippen LogP contribution in [0.25, 0.3) is 0 Å². The normalized spacial score (nSPS) is 12.9. The first-order valence-electron chi connectivity index (χ1n) is 9.65. The topological polar surface area (TPSA) is 90.7 Å². The predicted molar refractivity (Wildman–Crippen MR) is 105 cm³/mol. The number of benzene rings is 2. The quantitative estimate of drug-likeness (QED) is 0.202. The van der Waals surface area contributed by atoms with E-state index in [1.165, 1.54) is 0 Å².